The Labute approximate surface area is 252 Å². The molecule has 2 bridgehead atoms. The number of likely N-dealkylation sites (N-methyl/N-ethyl adjacent to an activating group) is 1. The molecule has 3 saturated heterocycles. The van der Waals surface area contributed by atoms with Gasteiger partial charge in [-0.15, -0.1) is 13.2 Å². The fraction of sp³-hybridized carbons (Fsp3) is 0.424. The van der Waals surface area contributed by atoms with E-state index in [0.29, 0.717) is 29.2 Å². The highest BCUT2D eigenvalue weighted by Gasteiger charge is 2.80. The number of carbonyl (C=O) groups is 3. The normalized spacial score (nSPS) is 30.1. The molecule has 3 heterocycles. The summed E-state index contributed by atoms with van der Waals surface area (Å²) in [4.78, 5) is 48.2. The number of aliphatic hydroxyl groups is 1. The van der Waals surface area contributed by atoms with Crippen LogP contribution in [0.1, 0.15) is 31.9 Å². The molecule has 2 aromatic rings. The first kappa shape index (κ1) is 30.0. The molecule has 222 valence electrons. The minimum atomic E-state index is -1.27. The second kappa shape index (κ2) is 11.3. The van der Waals surface area contributed by atoms with Gasteiger partial charge in [0.05, 0.1) is 30.1 Å². The molecule has 9 heteroatoms. The Kier molecular flexibility index (Phi) is 8.09. The van der Waals surface area contributed by atoms with E-state index in [1.165, 1.54) is 4.90 Å². The fourth-order valence-electron chi connectivity index (χ4n) is 7.44. The molecule has 2 aromatic carbocycles. The summed E-state index contributed by atoms with van der Waals surface area (Å²) in [7, 11) is 1.68. The zero-order chi connectivity index (χ0) is 30.4. The molecular formula is C33H38ClN3O5. The average Bonchev–Trinajstić information content (AvgIpc) is 3.49. The lowest BCUT2D eigenvalue weighted by Gasteiger charge is -2.39. The second-order valence-corrected chi connectivity index (χ2v) is 12.2. The van der Waals surface area contributed by atoms with Crippen molar-refractivity contribution in [2.45, 2.75) is 43.6 Å². The van der Waals surface area contributed by atoms with Crippen LogP contribution in [0, 0.1) is 17.8 Å². The van der Waals surface area contributed by atoms with E-state index in [-0.39, 0.29) is 30.2 Å². The predicted molar refractivity (Wildman–Crippen MR) is 162 cm³/mol. The summed E-state index contributed by atoms with van der Waals surface area (Å²) in [5.74, 6) is -2.79. The van der Waals surface area contributed by atoms with E-state index >= 15 is 0 Å². The van der Waals surface area contributed by atoms with Crippen molar-refractivity contribution in [1.29, 1.82) is 0 Å². The van der Waals surface area contributed by atoms with Crippen molar-refractivity contribution in [3.63, 3.8) is 0 Å². The Morgan fingerprint density at radius 3 is 2.36 bits per heavy atom. The Morgan fingerprint density at radius 2 is 1.76 bits per heavy atom. The number of rotatable bonds is 10. The lowest BCUT2D eigenvalue weighted by atomic mass is 9.62. The van der Waals surface area contributed by atoms with Crippen molar-refractivity contribution in [2.24, 2.45) is 17.8 Å². The van der Waals surface area contributed by atoms with Crippen LogP contribution in [0.5, 0.6) is 0 Å². The van der Waals surface area contributed by atoms with Crippen LogP contribution in [0.2, 0.25) is 5.02 Å². The Bertz CT molecular complexity index is 1380. The van der Waals surface area contributed by atoms with Gasteiger partial charge < -0.3 is 24.5 Å². The van der Waals surface area contributed by atoms with E-state index < -0.39 is 41.7 Å². The van der Waals surface area contributed by atoms with Crippen molar-refractivity contribution < 1.29 is 24.2 Å². The molecule has 3 aliphatic heterocycles. The van der Waals surface area contributed by atoms with Gasteiger partial charge in [-0.3, -0.25) is 14.4 Å². The van der Waals surface area contributed by atoms with E-state index in [0.717, 1.165) is 0 Å². The topological polar surface area (TPSA) is 90.4 Å². The van der Waals surface area contributed by atoms with Gasteiger partial charge in [0, 0.05) is 30.8 Å². The van der Waals surface area contributed by atoms with Gasteiger partial charge in [-0.2, -0.15) is 0 Å². The molecule has 0 radical (unpaired) electrons. The fourth-order valence-corrected chi connectivity index (χ4v) is 7.56. The van der Waals surface area contributed by atoms with Crippen LogP contribution in [0.3, 0.4) is 0 Å². The molecular weight excluding hydrogens is 554 g/mol. The molecule has 8 nitrogen and oxygen atoms in total. The average molecular weight is 592 g/mol. The smallest absolute Gasteiger partial charge is 0.253 e. The Hall–Kier alpha value is -3.46. The van der Waals surface area contributed by atoms with Crippen LogP contribution in [0.25, 0.3) is 0 Å². The quantitative estimate of drug-likeness (QED) is 0.417. The van der Waals surface area contributed by atoms with Crippen LogP contribution in [0.4, 0.5) is 5.69 Å². The van der Waals surface area contributed by atoms with Gasteiger partial charge in [-0.05, 0) is 49.1 Å². The number of halogens is 1. The highest BCUT2D eigenvalue weighted by molar-refractivity contribution is 6.30. The molecule has 1 spiro atoms. The first-order valence-electron chi connectivity index (χ1n) is 14.3. The lowest BCUT2D eigenvalue weighted by molar-refractivity contribution is -0.153. The number of aliphatic hydroxyl groups excluding tert-OH is 1. The van der Waals surface area contributed by atoms with Gasteiger partial charge in [0.2, 0.25) is 11.8 Å². The van der Waals surface area contributed by atoms with Crippen molar-refractivity contribution in [2.75, 3.05) is 31.6 Å². The van der Waals surface area contributed by atoms with Gasteiger partial charge in [-0.1, -0.05) is 61.0 Å². The maximum absolute atomic E-state index is 14.9. The molecule has 7 atom stereocenters. The van der Waals surface area contributed by atoms with E-state index in [2.05, 4.69) is 13.2 Å². The van der Waals surface area contributed by atoms with E-state index in [4.69, 9.17) is 16.3 Å². The van der Waals surface area contributed by atoms with Gasteiger partial charge in [0.15, 0.2) is 0 Å². The van der Waals surface area contributed by atoms with Gasteiger partial charge in [-0.25, -0.2) is 0 Å². The third-order valence-electron chi connectivity index (χ3n) is 9.44. The third kappa shape index (κ3) is 4.48. The maximum atomic E-state index is 14.9. The largest absolute Gasteiger partial charge is 0.394 e. The van der Waals surface area contributed by atoms with Crippen LogP contribution in [0.15, 0.2) is 79.9 Å². The number of benzene rings is 2. The van der Waals surface area contributed by atoms with Crippen LogP contribution in [-0.2, 0) is 19.1 Å². The van der Waals surface area contributed by atoms with Crippen molar-refractivity contribution in [1.82, 2.24) is 9.80 Å². The second-order valence-electron chi connectivity index (χ2n) is 11.8. The number of carbonyl (C=O) groups excluding carboxylic acids is 3. The summed E-state index contributed by atoms with van der Waals surface area (Å²) in [5, 5.41) is 11.3. The number of ether oxygens (including phenoxy) is 1. The van der Waals surface area contributed by atoms with Gasteiger partial charge in [0.25, 0.3) is 5.91 Å². The summed E-state index contributed by atoms with van der Waals surface area (Å²) in [6.45, 7) is 11.6. The molecule has 42 heavy (non-hydrogen) atoms. The van der Waals surface area contributed by atoms with Gasteiger partial charge >= 0.3 is 0 Å². The van der Waals surface area contributed by atoms with Crippen molar-refractivity contribution in [3.05, 3.63) is 90.5 Å². The Balaban J connectivity index is 1.69. The highest BCUT2D eigenvalue weighted by Crippen LogP contribution is 2.66. The number of likely N-dealkylation sites (tertiary alicyclic amines) is 1. The van der Waals surface area contributed by atoms with Crippen molar-refractivity contribution >= 4 is 35.0 Å². The molecule has 0 aliphatic carbocycles. The molecule has 3 amide bonds. The summed E-state index contributed by atoms with van der Waals surface area (Å²) in [6.07, 6.45) is 3.67. The minimum Gasteiger partial charge on any atom is -0.394 e. The number of nitrogens with zero attached hydrogens (tertiary/aromatic N) is 3. The maximum Gasteiger partial charge on any atom is 0.253 e. The summed E-state index contributed by atoms with van der Waals surface area (Å²) in [5.41, 5.74) is -0.958. The van der Waals surface area contributed by atoms with Crippen molar-refractivity contribution in [3.8, 4) is 0 Å². The molecule has 3 unspecified atom stereocenters. The zero-order valence-corrected chi connectivity index (χ0v) is 25.0. The summed E-state index contributed by atoms with van der Waals surface area (Å²) < 4.78 is 6.88. The first-order valence-corrected chi connectivity index (χ1v) is 14.6. The number of fused-ring (bicyclic) bond motifs is 1. The van der Waals surface area contributed by atoms with Crippen LogP contribution >= 0.6 is 11.6 Å². The van der Waals surface area contributed by atoms with Gasteiger partial charge in [0.1, 0.15) is 11.6 Å². The Morgan fingerprint density at radius 1 is 1.12 bits per heavy atom. The first-order chi connectivity index (χ1) is 20.0. The van der Waals surface area contributed by atoms with E-state index in [9.17, 15) is 19.5 Å². The lowest BCUT2D eigenvalue weighted by Crippen LogP contribution is -2.57. The molecule has 3 aliphatic rings. The van der Waals surface area contributed by atoms with Crippen LogP contribution < -0.4 is 4.90 Å². The number of hydrogen-bond acceptors (Lipinski definition) is 5. The molecule has 0 aromatic heterocycles. The SMILES string of the molecule is C=CCN(C)C(=O)[C@@H]1[C@H]2C(=O)N([C@H](CO)c3ccccc3)C(C(=O)N(CC=C)c3ccc(Cl)cc3)C23CC(C)[C@@]1(C)O3. The van der Waals surface area contributed by atoms with E-state index in [1.807, 2.05) is 44.2 Å². The summed E-state index contributed by atoms with van der Waals surface area (Å²) in [6, 6.07) is 14.1. The highest BCUT2D eigenvalue weighted by atomic mass is 35.5. The minimum absolute atomic E-state index is 0.115. The monoisotopic (exact) mass is 591 g/mol. The van der Waals surface area contributed by atoms with Crippen LogP contribution in [-0.4, -0.2) is 76.6 Å². The molecule has 5 rings (SSSR count). The summed E-state index contributed by atoms with van der Waals surface area (Å²) >= 11 is 6.15. The molecule has 3 fully saturated rings. The third-order valence-corrected chi connectivity index (χ3v) is 9.69. The standard InChI is InChI=1S/C33H38ClN3O5/c1-6-17-35(5)29(39)26-27-30(40)37(25(20-38)22-11-9-8-10-12-22)28(33(27)19-21(3)32(26,4)42-33)31(41)36(18-7-2)24-15-13-23(34)14-16-24/h6-16,21,25-28,38H,1-2,17-20H2,3-5H3/t21?,25-,26+,27+,28?,32-,33?/m1/s1. The predicted octanol–water partition coefficient (Wildman–Crippen LogP) is 4.25. The zero-order valence-electron chi connectivity index (χ0n) is 24.3. The van der Waals surface area contributed by atoms with E-state index in [1.54, 1.807) is 53.3 Å². The molecule has 0 saturated carbocycles. The number of amides is 3. The molecule has 1 N–H and O–H groups in total. The number of anilines is 1. The number of hydrogen-bond donors (Lipinski definition) is 1.